The van der Waals surface area contributed by atoms with E-state index in [1.807, 2.05) is 18.0 Å². The Hall–Kier alpha value is -0.430. The molecule has 0 bridgehead atoms. The Labute approximate surface area is 121 Å². The smallest absolute Gasteiger partial charge is 0.231 e. The third-order valence-electron chi connectivity index (χ3n) is 1.95. The van der Waals surface area contributed by atoms with Gasteiger partial charge in [-0.15, -0.1) is 11.3 Å². The molecule has 0 aromatic carbocycles. The summed E-state index contributed by atoms with van der Waals surface area (Å²) in [6, 6.07) is 2.05. The molecule has 0 unspecified atom stereocenters. The zero-order valence-corrected chi connectivity index (χ0v) is 12.6. The van der Waals surface area contributed by atoms with Crippen molar-refractivity contribution in [3.05, 3.63) is 31.4 Å². The van der Waals surface area contributed by atoms with E-state index in [2.05, 4.69) is 36.3 Å². The molecule has 0 aliphatic rings. The van der Waals surface area contributed by atoms with Crippen molar-refractivity contribution in [2.45, 2.75) is 6.54 Å². The highest BCUT2D eigenvalue weighted by molar-refractivity contribution is 9.11. The quantitative estimate of drug-likeness (QED) is 0.844. The fourth-order valence-electron chi connectivity index (χ4n) is 1.26. The van der Waals surface area contributed by atoms with Gasteiger partial charge in [0.15, 0.2) is 0 Å². The lowest BCUT2D eigenvalue weighted by atomic mass is 10.3. The second-order valence-corrected chi connectivity index (χ2v) is 6.26. The second-order valence-electron chi connectivity index (χ2n) is 3.29. The van der Waals surface area contributed by atoms with Gasteiger partial charge in [0.2, 0.25) is 16.5 Å². The number of halogens is 3. The molecule has 90 valence electrons. The predicted octanol–water partition coefficient (Wildman–Crippen LogP) is 3.64. The molecule has 0 aliphatic carbocycles. The van der Waals surface area contributed by atoms with Gasteiger partial charge in [-0.25, -0.2) is 0 Å². The van der Waals surface area contributed by atoms with Crippen LogP contribution in [-0.4, -0.2) is 22.0 Å². The van der Waals surface area contributed by atoms with Crippen molar-refractivity contribution in [1.29, 1.82) is 0 Å². The van der Waals surface area contributed by atoms with Crippen LogP contribution in [0.2, 0.25) is 10.6 Å². The molecule has 2 aromatic heterocycles. The van der Waals surface area contributed by atoms with Crippen molar-refractivity contribution in [3.8, 4) is 0 Å². The molecule has 0 atom stereocenters. The van der Waals surface area contributed by atoms with Crippen LogP contribution < -0.4 is 4.90 Å². The molecule has 0 aliphatic heterocycles. The Kier molecular flexibility index (Phi) is 4.19. The lowest BCUT2D eigenvalue weighted by molar-refractivity contribution is 0.855. The first kappa shape index (κ1) is 13.0. The van der Waals surface area contributed by atoms with E-state index in [-0.39, 0.29) is 10.6 Å². The predicted molar refractivity (Wildman–Crippen MR) is 74.0 cm³/mol. The number of hydrogen-bond donors (Lipinski definition) is 0. The molecule has 8 heteroatoms. The van der Waals surface area contributed by atoms with Crippen molar-refractivity contribution < 1.29 is 0 Å². The molecule has 4 nitrogen and oxygen atoms in total. The Morgan fingerprint density at radius 1 is 1.29 bits per heavy atom. The molecule has 0 saturated heterocycles. The van der Waals surface area contributed by atoms with Crippen LogP contribution in [0.1, 0.15) is 5.56 Å². The fourth-order valence-corrected chi connectivity index (χ4v) is 2.82. The minimum atomic E-state index is 0.0957. The summed E-state index contributed by atoms with van der Waals surface area (Å²) in [7, 11) is 1.87. The third kappa shape index (κ3) is 3.51. The standard InChI is InChI=1S/C9H7BrCl2N4S/c1-16(3-5-2-6(10)17-4-5)9-14-7(11)13-8(12)15-9/h2,4H,3H2,1H3. The van der Waals surface area contributed by atoms with E-state index >= 15 is 0 Å². The lowest BCUT2D eigenvalue weighted by Gasteiger charge is -2.15. The topological polar surface area (TPSA) is 41.9 Å². The Morgan fingerprint density at radius 3 is 2.47 bits per heavy atom. The maximum Gasteiger partial charge on any atom is 0.231 e. The van der Waals surface area contributed by atoms with Gasteiger partial charge >= 0.3 is 0 Å². The van der Waals surface area contributed by atoms with E-state index in [0.29, 0.717) is 12.5 Å². The van der Waals surface area contributed by atoms with E-state index in [0.717, 1.165) is 9.35 Å². The summed E-state index contributed by atoms with van der Waals surface area (Å²) in [5.41, 5.74) is 1.16. The number of nitrogens with zero attached hydrogens (tertiary/aromatic N) is 4. The van der Waals surface area contributed by atoms with E-state index < -0.39 is 0 Å². The van der Waals surface area contributed by atoms with Crippen LogP contribution in [0.5, 0.6) is 0 Å². The molecule has 2 rings (SSSR count). The van der Waals surface area contributed by atoms with Gasteiger partial charge in [0.05, 0.1) is 3.79 Å². The van der Waals surface area contributed by atoms with Gasteiger partial charge in [-0.1, -0.05) is 0 Å². The minimum absolute atomic E-state index is 0.0957. The van der Waals surface area contributed by atoms with Crippen LogP contribution in [0.3, 0.4) is 0 Å². The van der Waals surface area contributed by atoms with Gasteiger partial charge in [0.25, 0.3) is 0 Å². The first-order chi connectivity index (χ1) is 8.04. The molecule has 0 fully saturated rings. The Morgan fingerprint density at radius 2 is 1.94 bits per heavy atom. The zero-order valence-electron chi connectivity index (χ0n) is 8.69. The zero-order chi connectivity index (χ0) is 12.4. The number of hydrogen-bond acceptors (Lipinski definition) is 5. The van der Waals surface area contributed by atoms with Crippen molar-refractivity contribution in [3.63, 3.8) is 0 Å². The number of anilines is 1. The summed E-state index contributed by atoms with van der Waals surface area (Å²) < 4.78 is 1.09. The van der Waals surface area contributed by atoms with Crippen LogP contribution in [0, 0.1) is 0 Å². The average Bonchev–Trinajstić information content (AvgIpc) is 2.62. The van der Waals surface area contributed by atoms with Crippen LogP contribution in [-0.2, 0) is 6.54 Å². The molecule has 0 N–H and O–H groups in total. The van der Waals surface area contributed by atoms with E-state index in [1.54, 1.807) is 11.3 Å². The summed E-state index contributed by atoms with van der Waals surface area (Å²) in [6.07, 6.45) is 0. The number of rotatable bonds is 3. The van der Waals surface area contributed by atoms with Gasteiger partial charge in [0.1, 0.15) is 0 Å². The second kappa shape index (κ2) is 5.48. The summed E-state index contributed by atoms with van der Waals surface area (Å²) in [5, 5.41) is 2.25. The minimum Gasteiger partial charge on any atom is -0.339 e. The summed E-state index contributed by atoms with van der Waals surface area (Å²) in [6.45, 7) is 0.679. The van der Waals surface area contributed by atoms with Gasteiger partial charge in [-0.3, -0.25) is 0 Å². The number of thiophene rings is 1. The van der Waals surface area contributed by atoms with Gasteiger partial charge in [-0.05, 0) is 56.1 Å². The molecule has 2 aromatic rings. The van der Waals surface area contributed by atoms with Crippen LogP contribution in [0.15, 0.2) is 15.2 Å². The highest BCUT2D eigenvalue weighted by Gasteiger charge is 2.09. The molecule has 0 amide bonds. The average molecular weight is 354 g/mol. The van der Waals surface area contributed by atoms with Crippen LogP contribution in [0.25, 0.3) is 0 Å². The normalized spacial score (nSPS) is 10.6. The van der Waals surface area contributed by atoms with Crippen molar-refractivity contribution in [2.75, 3.05) is 11.9 Å². The van der Waals surface area contributed by atoms with Crippen LogP contribution >= 0.6 is 50.5 Å². The molecule has 17 heavy (non-hydrogen) atoms. The largest absolute Gasteiger partial charge is 0.339 e. The summed E-state index contributed by atoms with van der Waals surface area (Å²) >= 11 is 16.5. The monoisotopic (exact) mass is 352 g/mol. The lowest BCUT2D eigenvalue weighted by Crippen LogP contribution is -2.19. The van der Waals surface area contributed by atoms with Gasteiger partial charge in [0, 0.05) is 13.6 Å². The molecule has 2 heterocycles. The van der Waals surface area contributed by atoms with E-state index in [9.17, 15) is 0 Å². The molecule has 0 spiro atoms. The first-order valence-corrected chi connectivity index (χ1v) is 6.98. The van der Waals surface area contributed by atoms with Crippen molar-refractivity contribution in [1.82, 2.24) is 15.0 Å². The molecular weight excluding hydrogens is 347 g/mol. The maximum atomic E-state index is 5.72. The van der Waals surface area contributed by atoms with E-state index in [4.69, 9.17) is 23.2 Å². The first-order valence-electron chi connectivity index (χ1n) is 4.56. The SMILES string of the molecule is CN(Cc1csc(Br)c1)c1nc(Cl)nc(Cl)n1. The highest BCUT2D eigenvalue weighted by Crippen LogP contribution is 2.22. The molecule has 0 radical (unpaired) electrons. The van der Waals surface area contributed by atoms with Crippen molar-refractivity contribution >= 4 is 56.4 Å². The Balaban J connectivity index is 2.16. The van der Waals surface area contributed by atoms with E-state index in [1.165, 1.54) is 0 Å². The van der Waals surface area contributed by atoms with Crippen LogP contribution in [0.4, 0.5) is 5.95 Å². The maximum absolute atomic E-state index is 5.72. The van der Waals surface area contributed by atoms with Gasteiger partial charge in [-0.2, -0.15) is 15.0 Å². The summed E-state index contributed by atoms with van der Waals surface area (Å²) in [4.78, 5) is 13.6. The van der Waals surface area contributed by atoms with Gasteiger partial charge < -0.3 is 4.90 Å². The molecule has 0 saturated carbocycles. The highest BCUT2D eigenvalue weighted by atomic mass is 79.9. The Bertz CT molecular complexity index is 513. The third-order valence-corrected chi connectivity index (χ3v) is 3.84. The summed E-state index contributed by atoms with van der Waals surface area (Å²) in [5.74, 6) is 0.456. The fraction of sp³-hybridized carbons (Fsp3) is 0.222. The number of aromatic nitrogens is 3. The van der Waals surface area contributed by atoms with Crippen molar-refractivity contribution in [2.24, 2.45) is 0 Å². The molecular formula is C9H7BrCl2N4S.